The van der Waals surface area contributed by atoms with Gasteiger partial charge < -0.3 is 24.1 Å². The van der Waals surface area contributed by atoms with Gasteiger partial charge in [0.25, 0.3) is 5.91 Å². The van der Waals surface area contributed by atoms with Gasteiger partial charge in [0.2, 0.25) is 0 Å². The summed E-state index contributed by atoms with van der Waals surface area (Å²) in [5.41, 5.74) is 0.970. The minimum Gasteiger partial charge on any atom is -0.492 e. The lowest BCUT2D eigenvalue weighted by atomic mass is 10.1. The lowest BCUT2D eigenvalue weighted by molar-refractivity contribution is 0.0938. The van der Waals surface area contributed by atoms with Gasteiger partial charge in [-0.05, 0) is 30.3 Å². The lowest BCUT2D eigenvalue weighted by Crippen LogP contribution is -2.28. The van der Waals surface area contributed by atoms with Crippen LogP contribution < -0.4 is 19.5 Å². The second-order valence-electron chi connectivity index (χ2n) is 5.85. The van der Waals surface area contributed by atoms with Gasteiger partial charge in [-0.1, -0.05) is 23.4 Å². The maximum atomic E-state index is 12.2. The zero-order chi connectivity index (χ0) is 18.5. The second-order valence-corrected chi connectivity index (χ2v) is 5.85. The number of fused-ring (bicyclic) bond motifs is 1. The van der Waals surface area contributed by atoms with Crippen molar-refractivity contribution in [2.75, 3.05) is 26.4 Å². The third kappa shape index (κ3) is 4.03. The number of ether oxygens (including phenoxy) is 3. The summed E-state index contributed by atoms with van der Waals surface area (Å²) in [6.07, 6.45) is 0. The molecule has 7 nitrogen and oxygen atoms in total. The predicted octanol–water partition coefficient (Wildman–Crippen LogP) is 2.92. The minimum atomic E-state index is -0.320. The van der Waals surface area contributed by atoms with Gasteiger partial charge in [0.05, 0.1) is 6.54 Å². The summed E-state index contributed by atoms with van der Waals surface area (Å²) in [6, 6.07) is 16.5. The largest absolute Gasteiger partial charge is 0.492 e. The molecule has 1 aliphatic heterocycles. The molecule has 2 aromatic carbocycles. The molecule has 0 fully saturated rings. The summed E-state index contributed by atoms with van der Waals surface area (Å²) < 4.78 is 21.9. The quantitative estimate of drug-likeness (QED) is 0.676. The van der Waals surface area contributed by atoms with Crippen molar-refractivity contribution in [3.05, 3.63) is 60.3 Å². The third-order valence-electron chi connectivity index (χ3n) is 3.97. The van der Waals surface area contributed by atoms with E-state index >= 15 is 0 Å². The molecule has 0 bridgehead atoms. The molecular weight excluding hydrogens is 348 g/mol. The first-order valence-corrected chi connectivity index (χ1v) is 8.62. The van der Waals surface area contributed by atoms with Crippen LogP contribution in [0, 0.1) is 0 Å². The second kappa shape index (κ2) is 7.82. The molecule has 138 valence electrons. The van der Waals surface area contributed by atoms with Crippen LogP contribution in [-0.4, -0.2) is 37.4 Å². The first-order valence-electron chi connectivity index (χ1n) is 8.62. The van der Waals surface area contributed by atoms with Gasteiger partial charge in [0.15, 0.2) is 23.0 Å². The number of rotatable bonds is 6. The van der Waals surface area contributed by atoms with Crippen LogP contribution >= 0.6 is 0 Å². The zero-order valence-electron chi connectivity index (χ0n) is 14.5. The van der Waals surface area contributed by atoms with Crippen molar-refractivity contribution >= 4 is 5.91 Å². The van der Waals surface area contributed by atoms with Gasteiger partial charge in [-0.2, -0.15) is 0 Å². The van der Waals surface area contributed by atoms with Crippen molar-refractivity contribution in [1.29, 1.82) is 0 Å². The van der Waals surface area contributed by atoms with E-state index in [4.69, 9.17) is 18.7 Å². The standard InChI is InChI=1S/C20H18N2O5/c23-20(21-8-9-24-15-4-2-1-3-5-15)16-13-18(27-22-16)14-6-7-17-19(12-14)26-11-10-25-17/h1-7,12-13H,8-11H2,(H,21,23). The van der Waals surface area contributed by atoms with Crippen molar-refractivity contribution in [2.24, 2.45) is 0 Å². The molecule has 2 heterocycles. The molecule has 0 unspecified atom stereocenters. The molecule has 0 atom stereocenters. The van der Waals surface area contributed by atoms with Gasteiger partial charge in [-0.25, -0.2) is 0 Å². The Bertz CT molecular complexity index is 923. The van der Waals surface area contributed by atoms with Crippen LogP contribution in [-0.2, 0) is 0 Å². The number of amides is 1. The van der Waals surface area contributed by atoms with Gasteiger partial charge >= 0.3 is 0 Å². The Balaban J connectivity index is 1.34. The number of carbonyl (C=O) groups excluding carboxylic acids is 1. The average Bonchev–Trinajstić information content (AvgIpc) is 3.22. The molecule has 1 amide bonds. The molecule has 0 spiro atoms. The van der Waals surface area contributed by atoms with Crippen LogP contribution in [0.15, 0.2) is 59.1 Å². The highest BCUT2D eigenvalue weighted by Crippen LogP contribution is 2.34. The van der Waals surface area contributed by atoms with E-state index in [0.29, 0.717) is 43.6 Å². The molecular formula is C20H18N2O5. The Hall–Kier alpha value is -3.48. The van der Waals surface area contributed by atoms with Crippen molar-refractivity contribution in [2.45, 2.75) is 0 Å². The fourth-order valence-electron chi connectivity index (χ4n) is 2.66. The van der Waals surface area contributed by atoms with Crippen LogP contribution in [0.1, 0.15) is 10.5 Å². The van der Waals surface area contributed by atoms with Crippen LogP contribution in [0.3, 0.4) is 0 Å². The number of nitrogens with one attached hydrogen (secondary N) is 1. The van der Waals surface area contributed by atoms with Crippen LogP contribution in [0.2, 0.25) is 0 Å². The fourth-order valence-corrected chi connectivity index (χ4v) is 2.66. The first-order chi connectivity index (χ1) is 13.3. The molecule has 1 aromatic heterocycles. The number of hydrogen-bond donors (Lipinski definition) is 1. The zero-order valence-corrected chi connectivity index (χ0v) is 14.5. The normalized spacial score (nSPS) is 12.4. The Kier molecular flexibility index (Phi) is 4.91. The summed E-state index contributed by atoms with van der Waals surface area (Å²) >= 11 is 0. The summed E-state index contributed by atoms with van der Waals surface area (Å²) in [5.74, 6) is 2.27. The van der Waals surface area contributed by atoms with E-state index in [0.717, 1.165) is 11.3 Å². The number of nitrogens with zero attached hydrogens (tertiary/aromatic N) is 1. The lowest BCUT2D eigenvalue weighted by Gasteiger charge is -2.18. The summed E-state index contributed by atoms with van der Waals surface area (Å²) in [6.45, 7) is 1.76. The number of hydrogen-bond acceptors (Lipinski definition) is 6. The minimum absolute atomic E-state index is 0.208. The number of para-hydroxylation sites is 1. The summed E-state index contributed by atoms with van der Waals surface area (Å²) in [7, 11) is 0. The van der Waals surface area contributed by atoms with Gasteiger partial charge in [-0.3, -0.25) is 4.79 Å². The molecule has 0 aliphatic carbocycles. The van der Waals surface area contributed by atoms with E-state index in [9.17, 15) is 4.79 Å². The highest BCUT2D eigenvalue weighted by Gasteiger charge is 2.17. The molecule has 0 saturated heterocycles. The van der Waals surface area contributed by atoms with Crippen LogP contribution in [0.25, 0.3) is 11.3 Å². The highest BCUT2D eigenvalue weighted by molar-refractivity contribution is 5.93. The van der Waals surface area contributed by atoms with Crippen molar-refractivity contribution < 1.29 is 23.5 Å². The Labute approximate surface area is 155 Å². The molecule has 1 aliphatic rings. The Morgan fingerprint density at radius 3 is 2.70 bits per heavy atom. The predicted molar refractivity (Wildman–Crippen MR) is 97.2 cm³/mol. The number of benzene rings is 2. The van der Waals surface area contributed by atoms with E-state index in [1.807, 2.05) is 48.5 Å². The maximum absolute atomic E-state index is 12.2. The summed E-state index contributed by atoms with van der Waals surface area (Å²) in [4.78, 5) is 12.2. The molecule has 0 saturated carbocycles. The molecule has 0 radical (unpaired) electrons. The van der Waals surface area contributed by atoms with E-state index in [1.54, 1.807) is 6.07 Å². The molecule has 4 rings (SSSR count). The molecule has 1 N–H and O–H groups in total. The topological polar surface area (TPSA) is 82.8 Å². The summed E-state index contributed by atoms with van der Waals surface area (Å²) in [5, 5.41) is 6.59. The number of aromatic nitrogens is 1. The van der Waals surface area contributed by atoms with E-state index in [2.05, 4.69) is 10.5 Å². The molecule has 3 aromatic rings. The van der Waals surface area contributed by atoms with E-state index < -0.39 is 0 Å². The van der Waals surface area contributed by atoms with Crippen molar-refractivity contribution in [3.63, 3.8) is 0 Å². The first kappa shape index (κ1) is 17.0. The third-order valence-corrected chi connectivity index (χ3v) is 3.97. The van der Waals surface area contributed by atoms with Crippen molar-refractivity contribution in [3.8, 4) is 28.6 Å². The SMILES string of the molecule is O=C(NCCOc1ccccc1)c1cc(-c2ccc3c(c2)OCCO3)on1. The van der Waals surface area contributed by atoms with E-state index in [1.165, 1.54) is 0 Å². The number of carbonyl (C=O) groups is 1. The monoisotopic (exact) mass is 366 g/mol. The Morgan fingerprint density at radius 2 is 1.85 bits per heavy atom. The molecule has 7 heteroatoms. The highest BCUT2D eigenvalue weighted by atomic mass is 16.6. The molecule has 27 heavy (non-hydrogen) atoms. The van der Waals surface area contributed by atoms with Crippen molar-refractivity contribution in [1.82, 2.24) is 10.5 Å². The van der Waals surface area contributed by atoms with Gasteiger partial charge in [-0.15, -0.1) is 0 Å². The average molecular weight is 366 g/mol. The maximum Gasteiger partial charge on any atom is 0.273 e. The van der Waals surface area contributed by atoms with Gasteiger partial charge in [0.1, 0.15) is 25.6 Å². The van der Waals surface area contributed by atoms with E-state index in [-0.39, 0.29) is 11.6 Å². The van der Waals surface area contributed by atoms with Gasteiger partial charge in [0, 0.05) is 11.6 Å². The van der Waals surface area contributed by atoms with Crippen LogP contribution in [0.4, 0.5) is 0 Å². The fraction of sp³-hybridized carbons (Fsp3) is 0.200. The van der Waals surface area contributed by atoms with Crippen LogP contribution in [0.5, 0.6) is 17.2 Å². The Morgan fingerprint density at radius 1 is 1.04 bits per heavy atom. The smallest absolute Gasteiger partial charge is 0.273 e.